The van der Waals surface area contributed by atoms with E-state index >= 15 is 0 Å². The summed E-state index contributed by atoms with van der Waals surface area (Å²) in [5.41, 5.74) is 2.40. The van der Waals surface area contributed by atoms with E-state index in [0.717, 1.165) is 29.7 Å². The van der Waals surface area contributed by atoms with Gasteiger partial charge in [0.25, 0.3) is 0 Å². The van der Waals surface area contributed by atoms with E-state index in [1.165, 1.54) is 0 Å². The van der Waals surface area contributed by atoms with Crippen LogP contribution in [0.2, 0.25) is 0 Å². The van der Waals surface area contributed by atoms with Gasteiger partial charge in [-0.1, -0.05) is 30.3 Å². The van der Waals surface area contributed by atoms with Crippen LogP contribution in [0.5, 0.6) is 5.88 Å². The van der Waals surface area contributed by atoms with Crippen molar-refractivity contribution in [3.8, 4) is 5.88 Å². The number of hydrogen-bond donors (Lipinski definition) is 1. The molecule has 1 N–H and O–H groups in total. The minimum absolute atomic E-state index is 0.0452. The van der Waals surface area contributed by atoms with Gasteiger partial charge in [0.1, 0.15) is 0 Å². The zero-order chi connectivity index (χ0) is 14.9. The number of aryl methyl sites for hydroxylation is 1. The zero-order valence-corrected chi connectivity index (χ0v) is 12.2. The van der Waals surface area contributed by atoms with Crippen LogP contribution in [-0.4, -0.2) is 18.0 Å². The molecule has 4 heteroatoms. The summed E-state index contributed by atoms with van der Waals surface area (Å²) in [6.07, 6.45) is 3.43. The fraction of sp³-hybridized carbons (Fsp3) is 0.294. The van der Waals surface area contributed by atoms with E-state index in [2.05, 4.69) is 10.3 Å². The molecule has 1 amide bonds. The molecule has 0 spiro atoms. The summed E-state index contributed by atoms with van der Waals surface area (Å²) in [7, 11) is 1.58. The molecule has 1 fully saturated rings. The summed E-state index contributed by atoms with van der Waals surface area (Å²) in [6, 6.07) is 11.8. The summed E-state index contributed by atoms with van der Waals surface area (Å²) >= 11 is 0. The highest BCUT2D eigenvalue weighted by Gasteiger charge is 2.51. The van der Waals surface area contributed by atoms with Crippen LogP contribution in [0.1, 0.15) is 24.0 Å². The van der Waals surface area contributed by atoms with Gasteiger partial charge in [-0.2, -0.15) is 0 Å². The lowest BCUT2D eigenvalue weighted by Gasteiger charge is -2.17. The van der Waals surface area contributed by atoms with Gasteiger partial charge in [0.15, 0.2) is 0 Å². The van der Waals surface area contributed by atoms with Crippen molar-refractivity contribution in [3.63, 3.8) is 0 Å². The predicted octanol–water partition coefficient (Wildman–Crippen LogP) is 3.07. The Morgan fingerprint density at radius 2 is 2.00 bits per heavy atom. The van der Waals surface area contributed by atoms with Crippen molar-refractivity contribution in [1.82, 2.24) is 4.98 Å². The van der Waals surface area contributed by atoms with Gasteiger partial charge in [-0.3, -0.25) is 4.79 Å². The quantitative estimate of drug-likeness (QED) is 0.937. The topological polar surface area (TPSA) is 51.2 Å². The SMILES string of the molecule is COc1cc(C)c(NC(=O)C2(c3ccccc3)CC2)cn1. The number of benzene rings is 1. The fourth-order valence-corrected chi connectivity index (χ4v) is 2.54. The molecule has 0 radical (unpaired) electrons. The second-order valence-corrected chi connectivity index (χ2v) is 5.44. The van der Waals surface area contributed by atoms with Crippen LogP contribution < -0.4 is 10.1 Å². The molecular formula is C17H18N2O2. The van der Waals surface area contributed by atoms with E-state index in [1.807, 2.05) is 43.3 Å². The highest BCUT2D eigenvalue weighted by atomic mass is 16.5. The number of methoxy groups -OCH3 is 1. The molecular weight excluding hydrogens is 264 g/mol. The molecule has 1 aromatic carbocycles. The van der Waals surface area contributed by atoms with Crippen LogP contribution in [-0.2, 0) is 10.2 Å². The first kappa shape index (κ1) is 13.6. The maximum atomic E-state index is 12.6. The van der Waals surface area contributed by atoms with Crippen molar-refractivity contribution in [1.29, 1.82) is 0 Å². The maximum absolute atomic E-state index is 12.6. The number of ether oxygens (including phenoxy) is 1. The Balaban J connectivity index is 1.81. The van der Waals surface area contributed by atoms with Gasteiger partial charge >= 0.3 is 0 Å². The monoisotopic (exact) mass is 282 g/mol. The molecule has 0 aliphatic heterocycles. The minimum Gasteiger partial charge on any atom is -0.481 e. The third-order valence-corrected chi connectivity index (χ3v) is 4.05. The Hall–Kier alpha value is -2.36. The molecule has 1 heterocycles. The summed E-state index contributed by atoms with van der Waals surface area (Å²) < 4.78 is 5.08. The van der Waals surface area contributed by atoms with E-state index < -0.39 is 0 Å². The number of hydrogen-bond acceptors (Lipinski definition) is 3. The Labute approximate surface area is 124 Å². The average Bonchev–Trinajstić information content (AvgIpc) is 3.32. The summed E-state index contributed by atoms with van der Waals surface area (Å²) in [5.74, 6) is 0.596. The van der Waals surface area contributed by atoms with Crippen LogP contribution >= 0.6 is 0 Å². The standard InChI is InChI=1S/C17H18N2O2/c1-12-10-15(21-2)18-11-14(12)19-16(20)17(8-9-17)13-6-4-3-5-7-13/h3-7,10-11H,8-9H2,1-2H3,(H,19,20). The van der Waals surface area contributed by atoms with Crippen molar-refractivity contribution >= 4 is 11.6 Å². The molecule has 2 aromatic rings. The summed E-state index contributed by atoms with van der Waals surface area (Å²) in [5, 5.41) is 3.01. The lowest BCUT2D eigenvalue weighted by Crippen LogP contribution is -2.28. The number of anilines is 1. The molecule has 4 nitrogen and oxygen atoms in total. The maximum Gasteiger partial charge on any atom is 0.235 e. The minimum atomic E-state index is -0.367. The second-order valence-electron chi connectivity index (χ2n) is 5.44. The Morgan fingerprint density at radius 3 is 2.57 bits per heavy atom. The lowest BCUT2D eigenvalue weighted by atomic mass is 9.95. The van der Waals surface area contributed by atoms with Crippen molar-refractivity contribution in [2.45, 2.75) is 25.2 Å². The first-order valence-corrected chi connectivity index (χ1v) is 7.03. The van der Waals surface area contributed by atoms with Gasteiger partial charge in [-0.05, 0) is 30.9 Å². The highest BCUT2D eigenvalue weighted by molar-refractivity contribution is 6.01. The molecule has 1 aromatic heterocycles. The molecule has 21 heavy (non-hydrogen) atoms. The average molecular weight is 282 g/mol. The van der Waals surface area contributed by atoms with Crippen LogP contribution in [0.25, 0.3) is 0 Å². The van der Waals surface area contributed by atoms with Gasteiger partial charge in [-0.25, -0.2) is 4.98 Å². The molecule has 3 rings (SSSR count). The van der Waals surface area contributed by atoms with E-state index in [0.29, 0.717) is 5.88 Å². The van der Waals surface area contributed by atoms with Gasteiger partial charge in [0.05, 0.1) is 24.4 Å². The smallest absolute Gasteiger partial charge is 0.235 e. The van der Waals surface area contributed by atoms with Crippen molar-refractivity contribution in [2.24, 2.45) is 0 Å². The Kier molecular flexibility index (Phi) is 3.37. The van der Waals surface area contributed by atoms with Crippen molar-refractivity contribution in [2.75, 3.05) is 12.4 Å². The van der Waals surface area contributed by atoms with Crippen LogP contribution in [0.4, 0.5) is 5.69 Å². The van der Waals surface area contributed by atoms with Gasteiger partial charge in [0.2, 0.25) is 11.8 Å². The number of carbonyl (C=O) groups excluding carboxylic acids is 1. The zero-order valence-electron chi connectivity index (χ0n) is 12.2. The van der Waals surface area contributed by atoms with Gasteiger partial charge in [0, 0.05) is 6.07 Å². The molecule has 0 bridgehead atoms. The molecule has 1 saturated carbocycles. The molecule has 1 aliphatic rings. The highest BCUT2D eigenvalue weighted by Crippen LogP contribution is 2.49. The number of amides is 1. The largest absolute Gasteiger partial charge is 0.481 e. The number of pyridine rings is 1. The van der Waals surface area contributed by atoms with Crippen LogP contribution in [0, 0.1) is 6.92 Å². The molecule has 0 atom stereocenters. The molecule has 0 saturated heterocycles. The third kappa shape index (κ3) is 2.49. The number of nitrogens with one attached hydrogen (secondary N) is 1. The lowest BCUT2D eigenvalue weighted by molar-refractivity contribution is -0.118. The fourth-order valence-electron chi connectivity index (χ4n) is 2.54. The molecule has 0 unspecified atom stereocenters. The van der Waals surface area contributed by atoms with Crippen molar-refractivity contribution in [3.05, 3.63) is 53.7 Å². The van der Waals surface area contributed by atoms with E-state index in [-0.39, 0.29) is 11.3 Å². The van der Waals surface area contributed by atoms with E-state index in [1.54, 1.807) is 13.3 Å². The predicted molar refractivity (Wildman–Crippen MR) is 81.5 cm³/mol. The van der Waals surface area contributed by atoms with E-state index in [4.69, 9.17) is 4.74 Å². The molecule has 108 valence electrons. The molecule has 1 aliphatic carbocycles. The van der Waals surface area contributed by atoms with Crippen molar-refractivity contribution < 1.29 is 9.53 Å². The summed E-state index contributed by atoms with van der Waals surface area (Å²) in [4.78, 5) is 16.8. The van der Waals surface area contributed by atoms with Crippen LogP contribution in [0.15, 0.2) is 42.6 Å². The Bertz CT molecular complexity index is 664. The third-order valence-electron chi connectivity index (χ3n) is 4.05. The first-order valence-electron chi connectivity index (χ1n) is 7.03. The normalized spacial score (nSPS) is 15.3. The second kappa shape index (κ2) is 5.20. The summed E-state index contributed by atoms with van der Waals surface area (Å²) in [6.45, 7) is 1.93. The van der Waals surface area contributed by atoms with Crippen LogP contribution in [0.3, 0.4) is 0 Å². The van der Waals surface area contributed by atoms with Gasteiger partial charge in [-0.15, -0.1) is 0 Å². The number of rotatable bonds is 4. The number of aromatic nitrogens is 1. The number of nitrogens with zero attached hydrogens (tertiary/aromatic N) is 1. The first-order chi connectivity index (χ1) is 10.2. The van der Waals surface area contributed by atoms with Gasteiger partial charge < -0.3 is 10.1 Å². The van der Waals surface area contributed by atoms with E-state index in [9.17, 15) is 4.79 Å². The Morgan fingerprint density at radius 1 is 1.29 bits per heavy atom. The number of carbonyl (C=O) groups is 1.